The molecule has 4 heterocycles. The summed E-state index contributed by atoms with van der Waals surface area (Å²) >= 11 is 0. The van der Waals surface area contributed by atoms with E-state index in [1.807, 2.05) is 6.07 Å². The Hall–Kier alpha value is -4.97. The molecule has 266 valence electrons. The first-order valence-corrected chi connectivity index (χ1v) is 18.3. The number of sulfonamides is 1. The van der Waals surface area contributed by atoms with E-state index in [0.717, 1.165) is 4.31 Å². The molecular formula is C30H36N10O8S2. The highest BCUT2D eigenvalue weighted by Crippen LogP contribution is 2.24. The Bertz CT molecular complexity index is 2000. The first-order chi connectivity index (χ1) is 23.6. The van der Waals surface area contributed by atoms with E-state index in [2.05, 4.69) is 25.5 Å². The first-order valence-electron chi connectivity index (χ1n) is 15.5. The molecule has 18 nitrogen and oxygen atoms in total. The van der Waals surface area contributed by atoms with Gasteiger partial charge in [-0.1, -0.05) is 12.1 Å². The number of piperazine rings is 2. The maximum absolute atomic E-state index is 13.3. The molecular weight excluding hydrogens is 693 g/mol. The second-order valence-corrected chi connectivity index (χ2v) is 15.7. The van der Waals surface area contributed by atoms with Crippen LogP contribution in [-0.4, -0.2) is 120 Å². The van der Waals surface area contributed by atoms with Crippen LogP contribution in [0.2, 0.25) is 0 Å². The zero-order chi connectivity index (χ0) is 36.3. The molecule has 2 aliphatic heterocycles. The summed E-state index contributed by atoms with van der Waals surface area (Å²) in [4.78, 5) is 37.3. The fourth-order valence-corrected chi connectivity index (χ4v) is 7.41. The highest BCUT2D eigenvalue weighted by Gasteiger charge is 2.34. The fraction of sp³-hybridized carbons (Fsp3) is 0.433. The molecule has 0 saturated carbocycles. The van der Waals surface area contributed by atoms with Crippen molar-refractivity contribution in [3.05, 3.63) is 59.4 Å². The summed E-state index contributed by atoms with van der Waals surface area (Å²) in [5.74, 6) is -0.754. The SMILES string of the molecule is Cc1cc(C#N)nc(N2CCN(S(=O)(=O)c3ccc(NC(=O)c4ccccc4OS(=O)(=O)N4CCN(C(=O)OC(C)(C)C)CC4)nn3)CC2)n1. The third-order valence-electron chi connectivity index (χ3n) is 7.50. The molecule has 0 spiro atoms. The number of nitriles is 1. The molecule has 2 aliphatic rings. The number of rotatable bonds is 8. The Balaban J connectivity index is 1.19. The number of carbonyl (C=O) groups excluding carboxylic acids is 2. The Morgan fingerprint density at radius 2 is 1.54 bits per heavy atom. The Morgan fingerprint density at radius 1 is 0.880 bits per heavy atom. The van der Waals surface area contributed by atoms with Gasteiger partial charge in [-0.2, -0.15) is 22.3 Å². The van der Waals surface area contributed by atoms with E-state index in [9.17, 15) is 31.7 Å². The monoisotopic (exact) mass is 728 g/mol. The molecule has 0 aliphatic carbocycles. The van der Waals surface area contributed by atoms with E-state index < -0.39 is 37.9 Å². The molecule has 5 rings (SSSR count). The minimum absolute atomic E-state index is 0.0409. The Kier molecular flexibility index (Phi) is 10.5. The van der Waals surface area contributed by atoms with Gasteiger partial charge in [-0.05, 0) is 58.0 Å². The number of aryl methyl sites for hydroxylation is 1. The zero-order valence-electron chi connectivity index (χ0n) is 27.8. The van der Waals surface area contributed by atoms with Gasteiger partial charge in [-0.15, -0.1) is 10.2 Å². The summed E-state index contributed by atoms with van der Waals surface area (Å²) in [5, 5.41) is 19.0. The van der Waals surface area contributed by atoms with Gasteiger partial charge in [0.2, 0.25) is 5.95 Å². The van der Waals surface area contributed by atoms with Gasteiger partial charge in [0.15, 0.2) is 16.6 Å². The molecule has 2 aromatic heterocycles. The normalized spacial score (nSPS) is 16.4. The molecule has 0 atom stereocenters. The van der Waals surface area contributed by atoms with Crippen LogP contribution in [0.4, 0.5) is 16.6 Å². The predicted octanol–water partition coefficient (Wildman–Crippen LogP) is 1.39. The van der Waals surface area contributed by atoms with Crippen molar-refractivity contribution in [2.75, 3.05) is 62.6 Å². The molecule has 2 saturated heterocycles. The molecule has 2 amide bonds. The molecule has 1 aromatic carbocycles. The number of aromatic nitrogens is 4. The van der Waals surface area contributed by atoms with Gasteiger partial charge in [-0.3, -0.25) is 4.79 Å². The van der Waals surface area contributed by atoms with Crippen LogP contribution < -0.4 is 14.4 Å². The van der Waals surface area contributed by atoms with E-state index in [-0.39, 0.29) is 80.2 Å². The Labute approximate surface area is 289 Å². The van der Waals surface area contributed by atoms with Gasteiger partial charge in [0.05, 0.1) is 5.56 Å². The van der Waals surface area contributed by atoms with E-state index in [1.165, 1.54) is 45.6 Å². The van der Waals surface area contributed by atoms with Crippen LogP contribution >= 0.6 is 0 Å². The molecule has 1 N–H and O–H groups in total. The molecule has 3 aromatic rings. The highest BCUT2D eigenvalue weighted by atomic mass is 32.2. The van der Waals surface area contributed by atoms with Crippen LogP contribution in [-0.2, 0) is 25.1 Å². The van der Waals surface area contributed by atoms with E-state index in [1.54, 1.807) is 38.7 Å². The van der Waals surface area contributed by atoms with E-state index >= 15 is 0 Å². The number of ether oxygens (including phenoxy) is 1. The summed E-state index contributed by atoms with van der Waals surface area (Å²) in [6, 6.07) is 11.7. The lowest BCUT2D eigenvalue weighted by Gasteiger charge is -2.34. The topological polar surface area (TPSA) is 221 Å². The summed E-state index contributed by atoms with van der Waals surface area (Å²) in [7, 11) is -8.39. The molecule has 20 heteroatoms. The number of carbonyl (C=O) groups is 2. The van der Waals surface area contributed by atoms with Gasteiger partial charge in [-0.25, -0.2) is 23.2 Å². The van der Waals surface area contributed by atoms with Crippen LogP contribution in [0.25, 0.3) is 0 Å². The highest BCUT2D eigenvalue weighted by molar-refractivity contribution is 7.89. The van der Waals surface area contributed by atoms with Crippen molar-refractivity contribution in [1.82, 2.24) is 33.7 Å². The molecule has 0 unspecified atom stereocenters. The van der Waals surface area contributed by atoms with Gasteiger partial charge in [0.25, 0.3) is 15.9 Å². The van der Waals surface area contributed by atoms with Crippen molar-refractivity contribution in [3.63, 3.8) is 0 Å². The number of para-hydroxylation sites is 1. The number of hydrogen-bond donors (Lipinski definition) is 1. The third kappa shape index (κ3) is 8.60. The molecule has 50 heavy (non-hydrogen) atoms. The molecule has 0 radical (unpaired) electrons. The van der Waals surface area contributed by atoms with Gasteiger partial charge < -0.3 is 24.0 Å². The third-order valence-corrected chi connectivity index (χ3v) is 10.7. The average Bonchev–Trinajstić information content (AvgIpc) is 3.07. The fourth-order valence-electron chi connectivity index (χ4n) is 5.03. The molecule has 0 bridgehead atoms. The van der Waals surface area contributed by atoms with Gasteiger partial charge in [0.1, 0.15) is 17.4 Å². The summed E-state index contributed by atoms with van der Waals surface area (Å²) < 4.78 is 65.8. The van der Waals surface area contributed by atoms with E-state index in [0.29, 0.717) is 11.6 Å². The minimum atomic E-state index is -4.35. The van der Waals surface area contributed by atoms with Crippen molar-refractivity contribution < 1.29 is 35.3 Å². The second kappa shape index (κ2) is 14.5. The van der Waals surface area contributed by atoms with Crippen molar-refractivity contribution in [3.8, 4) is 11.8 Å². The number of benzene rings is 1. The predicted molar refractivity (Wildman–Crippen MR) is 178 cm³/mol. The zero-order valence-corrected chi connectivity index (χ0v) is 29.4. The Morgan fingerprint density at radius 3 is 2.16 bits per heavy atom. The largest absolute Gasteiger partial charge is 0.444 e. The van der Waals surface area contributed by atoms with Crippen molar-refractivity contribution in [1.29, 1.82) is 5.26 Å². The van der Waals surface area contributed by atoms with Crippen molar-refractivity contribution in [2.24, 2.45) is 0 Å². The lowest BCUT2D eigenvalue weighted by atomic mass is 10.2. The van der Waals surface area contributed by atoms with Crippen LogP contribution in [0.5, 0.6) is 5.75 Å². The van der Waals surface area contributed by atoms with Crippen LogP contribution in [0, 0.1) is 18.3 Å². The lowest BCUT2D eigenvalue weighted by molar-refractivity contribution is 0.0189. The second-order valence-electron chi connectivity index (χ2n) is 12.3. The number of anilines is 2. The number of hydrogen-bond acceptors (Lipinski definition) is 14. The minimum Gasteiger partial charge on any atom is -0.444 e. The van der Waals surface area contributed by atoms with Gasteiger partial charge in [0, 0.05) is 58.1 Å². The summed E-state index contributed by atoms with van der Waals surface area (Å²) in [5.41, 5.74) is 0.0228. The first kappa shape index (κ1) is 36.3. The van der Waals surface area contributed by atoms with Crippen LogP contribution in [0.15, 0.2) is 47.5 Å². The van der Waals surface area contributed by atoms with Gasteiger partial charge >= 0.3 is 16.4 Å². The van der Waals surface area contributed by atoms with Crippen LogP contribution in [0.1, 0.15) is 42.5 Å². The number of nitrogens with one attached hydrogen (secondary N) is 1. The smallest absolute Gasteiger partial charge is 0.410 e. The van der Waals surface area contributed by atoms with E-state index in [4.69, 9.17) is 8.92 Å². The summed E-state index contributed by atoms with van der Waals surface area (Å²) in [6.45, 7) is 7.85. The standard InChI is InChI=1S/C30H36N10O8S2/c1-21-19-22(20-31)33-28(32-21)37-11-15-39(16-12-37)49(43,44)26-10-9-25(35-36-26)34-27(41)23-7-5-6-8-24(23)48-50(45,46)40-17-13-38(14-18-40)29(42)47-30(2,3)4/h5-10,19H,11-18H2,1-4H3,(H,34,35,41). The maximum atomic E-state index is 13.3. The lowest BCUT2D eigenvalue weighted by Crippen LogP contribution is -2.52. The quantitative estimate of drug-likeness (QED) is 0.346. The number of nitrogens with zero attached hydrogens (tertiary/aromatic N) is 9. The summed E-state index contributed by atoms with van der Waals surface area (Å²) in [6.07, 6.45) is -0.546. The van der Waals surface area contributed by atoms with Crippen molar-refractivity contribution >= 4 is 44.1 Å². The van der Waals surface area contributed by atoms with Crippen molar-refractivity contribution in [2.45, 2.75) is 38.3 Å². The maximum Gasteiger partial charge on any atom is 0.410 e. The van der Waals surface area contributed by atoms with Crippen LogP contribution in [0.3, 0.4) is 0 Å². The molecule has 2 fully saturated rings. The number of amides is 2. The average molecular weight is 729 g/mol.